The van der Waals surface area contributed by atoms with Crippen LogP contribution in [0.25, 0.3) is 0 Å². The van der Waals surface area contributed by atoms with Gasteiger partial charge in [-0.1, -0.05) is 19.4 Å². The van der Waals surface area contributed by atoms with E-state index >= 15 is 0 Å². The van der Waals surface area contributed by atoms with Gasteiger partial charge in [0, 0.05) is 11.7 Å². The smallest absolute Gasteiger partial charge is 0.155 e. The quantitative estimate of drug-likeness (QED) is 0.657. The molecule has 4 aliphatic carbocycles. The van der Waals surface area contributed by atoms with Crippen LogP contribution in [0.2, 0.25) is 0 Å². The van der Waals surface area contributed by atoms with Crippen LogP contribution in [-0.2, 0) is 4.79 Å². The van der Waals surface area contributed by atoms with Crippen LogP contribution in [0.4, 0.5) is 0 Å². The first-order valence-electron chi connectivity index (χ1n) is 9.26. The molecule has 4 rings (SSSR count). The molecule has 0 unspecified atom stereocenters. The van der Waals surface area contributed by atoms with Crippen LogP contribution in [0, 0.1) is 28.6 Å². The Labute approximate surface area is 139 Å². The second-order valence-corrected chi connectivity index (χ2v) is 9.86. The van der Waals surface area contributed by atoms with Gasteiger partial charge < -0.3 is 0 Å². The van der Waals surface area contributed by atoms with Crippen molar-refractivity contribution < 1.29 is 4.79 Å². The molecule has 0 saturated heterocycles. The molecule has 122 valence electrons. The molecule has 0 bridgehead atoms. The van der Waals surface area contributed by atoms with Gasteiger partial charge in [0.05, 0.1) is 0 Å². The predicted molar refractivity (Wildman–Crippen MR) is 94.0 cm³/mol. The molecule has 0 aromatic carbocycles. The number of thioether (sulfide) groups is 1. The highest BCUT2D eigenvalue weighted by atomic mass is 32.2. The average Bonchev–Trinajstić information content (AvgIpc) is 2.84. The van der Waals surface area contributed by atoms with Crippen LogP contribution in [0.3, 0.4) is 0 Å². The molecule has 4 aliphatic rings. The van der Waals surface area contributed by atoms with Crippen molar-refractivity contribution in [3.8, 4) is 0 Å². The SMILES string of the molecule is CS[C@@H]1CC[C@H]2[C@@H]3CCC4=CC(=O)CC[C@]4(C)[C@H]3CC[C@]12C. The van der Waals surface area contributed by atoms with E-state index in [-0.39, 0.29) is 0 Å². The third kappa shape index (κ3) is 1.95. The summed E-state index contributed by atoms with van der Waals surface area (Å²) in [4.78, 5) is 11.9. The van der Waals surface area contributed by atoms with Crippen LogP contribution >= 0.6 is 11.8 Å². The second kappa shape index (κ2) is 5.13. The molecule has 0 aromatic heterocycles. The van der Waals surface area contributed by atoms with Gasteiger partial charge in [0.2, 0.25) is 0 Å². The third-order valence-corrected chi connectivity index (χ3v) is 9.50. The predicted octanol–water partition coefficient (Wildman–Crippen LogP) is 5.25. The van der Waals surface area contributed by atoms with Crippen LogP contribution < -0.4 is 0 Å². The fraction of sp³-hybridized carbons (Fsp3) is 0.850. The molecule has 3 fully saturated rings. The minimum Gasteiger partial charge on any atom is -0.295 e. The van der Waals surface area contributed by atoms with Gasteiger partial charge in [-0.05, 0) is 85.9 Å². The zero-order chi connectivity index (χ0) is 15.5. The summed E-state index contributed by atoms with van der Waals surface area (Å²) in [5.41, 5.74) is 2.44. The summed E-state index contributed by atoms with van der Waals surface area (Å²) in [6.07, 6.45) is 14.5. The van der Waals surface area contributed by atoms with Crippen LogP contribution in [0.5, 0.6) is 0 Å². The van der Waals surface area contributed by atoms with E-state index in [0.29, 0.717) is 16.6 Å². The van der Waals surface area contributed by atoms with Crippen LogP contribution in [0.15, 0.2) is 11.6 Å². The molecule has 6 atom stereocenters. The number of hydrogen-bond acceptors (Lipinski definition) is 2. The molecule has 22 heavy (non-hydrogen) atoms. The normalized spacial score (nSPS) is 50.9. The zero-order valence-corrected chi connectivity index (χ0v) is 15.2. The summed E-state index contributed by atoms with van der Waals surface area (Å²) >= 11 is 2.12. The van der Waals surface area contributed by atoms with Crippen molar-refractivity contribution in [3.63, 3.8) is 0 Å². The van der Waals surface area contributed by atoms with E-state index in [4.69, 9.17) is 0 Å². The monoisotopic (exact) mass is 318 g/mol. The van der Waals surface area contributed by atoms with Gasteiger partial charge in [-0.2, -0.15) is 11.8 Å². The number of hydrogen-bond donors (Lipinski definition) is 0. The summed E-state index contributed by atoms with van der Waals surface area (Å²) in [5, 5.41) is 0.885. The van der Waals surface area contributed by atoms with E-state index in [1.807, 2.05) is 6.08 Å². The minimum absolute atomic E-state index is 0.343. The molecule has 3 saturated carbocycles. The van der Waals surface area contributed by atoms with E-state index in [0.717, 1.165) is 35.8 Å². The van der Waals surface area contributed by atoms with E-state index in [2.05, 4.69) is 31.9 Å². The molecule has 0 aliphatic heterocycles. The molecule has 0 amide bonds. The number of fused-ring (bicyclic) bond motifs is 5. The van der Waals surface area contributed by atoms with E-state index < -0.39 is 0 Å². The van der Waals surface area contributed by atoms with Crippen molar-refractivity contribution in [2.75, 3.05) is 6.26 Å². The van der Waals surface area contributed by atoms with Crippen LogP contribution in [-0.4, -0.2) is 17.3 Å². The molecule has 0 spiro atoms. The number of allylic oxidation sites excluding steroid dienone is 1. The first kappa shape index (κ1) is 15.3. The van der Waals surface area contributed by atoms with Gasteiger partial charge in [0.15, 0.2) is 5.78 Å². The summed E-state index contributed by atoms with van der Waals surface area (Å²) in [6.45, 7) is 5.09. The summed E-state index contributed by atoms with van der Waals surface area (Å²) in [7, 11) is 0. The summed E-state index contributed by atoms with van der Waals surface area (Å²) in [5.74, 6) is 3.10. The van der Waals surface area contributed by atoms with Gasteiger partial charge in [0.25, 0.3) is 0 Å². The Balaban J connectivity index is 1.67. The molecule has 1 nitrogen and oxygen atoms in total. The van der Waals surface area contributed by atoms with Crippen molar-refractivity contribution in [2.24, 2.45) is 28.6 Å². The number of ketones is 1. The Morgan fingerprint density at radius 3 is 2.64 bits per heavy atom. The first-order valence-corrected chi connectivity index (χ1v) is 10.5. The van der Waals surface area contributed by atoms with Gasteiger partial charge in [0.1, 0.15) is 0 Å². The van der Waals surface area contributed by atoms with Crippen molar-refractivity contribution in [1.29, 1.82) is 0 Å². The largest absolute Gasteiger partial charge is 0.295 e. The lowest BCUT2D eigenvalue weighted by Gasteiger charge is -2.58. The van der Waals surface area contributed by atoms with Crippen molar-refractivity contribution in [3.05, 3.63) is 11.6 Å². The van der Waals surface area contributed by atoms with Gasteiger partial charge >= 0.3 is 0 Å². The Morgan fingerprint density at radius 1 is 1.05 bits per heavy atom. The number of carbonyl (C=O) groups is 1. The Kier molecular flexibility index (Phi) is 3.57. The molecule has 0 heterocycles. The molecule has 2 heteroatoms. The maximum atomic E-state index is 11.9. The van der Waals surface area contributed by atoms with E-state index in [1.54, 1.807) is 0 Å². The lowest BCUT2D eigenvalue weighted by Crippen LogP contribution is -2.50. The van der Waals surface area contributed by atoms with E-state index in [1.165, 1.54) is 44.1 Å². The lowest BCUT2D eigenvalue weighted by molar-refractivity contribution is -0.117. The Hall–Kier alpha value is -0.240. The number of carbonyl (C=O) groups excluding carboxylic acids is 1. The topological polar surface area (TPSA) is 17.1 Å². The second-order valence-electron chi connectivity index (χ2n) is 8.82. The standard InChI is InChI=1S/C20H30OS/c1-19-10-8-14(21)12-13(19)4-5-15-16-6-7-18(22-3)20(16,2)11-9-17(15)19/h12,15-18H,4-11H2,1-3H3/t15-,16-,17-,18+,19-,20-/m0/s1. The third-order valence-electron chi connectivity index (χ3n) is 8.16. The molecule has 0 aromatic rings. The van der Waals surface area contributed by atoms with E-state index in [9.17, 15) is 4.79 Å². The highest BCUT2D eigenvalue weighted by Crippen LogP contribution is 2.66. The molecular formula is C20H30OS. The Bertz CT molecular complexity index is 524. The summed E-state index contributed by atoms with van der Waals surface area (Å²) < 4.78 is 0. The van der Waals surface area contributed by atoms with Gasteiger partial charge in [-0.15, -0.1) is 0 Å². The molecule has 0 N–H and O–H groups in total. The maximum absolute atomic E-state index is 11.9. The number of rotatable bonds is 1. The molecular weight excluding hydrogens is 288 g/mol. The van der Waals surface area contributed by atoms with Crippen molar-refractivity contribution in [2.45, 2.75) is 70.5 Å². The highest BCUT2D eigenvalue weighted by molar-refractivity contribution is 7.99. The zero-order valence-electron chi connectivity index (χ0n) is 14.4. The van der Waals surface area contributed by atoms with Crippen molar-refractivity contribution in [1.82, 2.24) is 0 Å². The average molecular weight is 319 g/mol. The van der Waals surface area contributed by atoms with Crippen LogP contribution in [0.1, 0.15) is 65.2 Å². The van der Waals surface area contributed by atoms with Gasteiger partial charge in [-0.3, -0.25) is 4.79 Å². The lowest BCUT2D eigenvalue weighted by atomic mass is 9.47. The fourth-order valence-electron chi connectivity index (χ4n) is 6.90. The first-order chi connectivity index (χ1) is 10.5. The summed E-state index contributed by atoms with van der Waals surface area (Å²) in [6, 6.07) is 0. The molecule has 0 radical (unpaired) electrons. The maximum Gasteiger partial charge on any atom is 0.155 e. The van der Waals surface area contributed by atoms with Gasteiger partial charge in [-0.25, -0.2) is 0 Å². The Morgan fingerprint density at radius 2 is 1.86 bits per heavy atom. The van der Waals surface area contributed by atoms with Crippen molar-refractivity contribution >= 4 is 17.5 Å². The highest BCUT2D eigenvalue weighted by Gasteiger charge is 2.58. The fourth-order valence-corrected chi connectivity index (χ4v) is 8.10. The minimum atomic E-state index is 0.343.